The molecule has 4 rings (SSSR count). The zero-order valence-electron chi connectivity index (χ0n) is 20.2. The van der Waals surface area contributed by atoms with Crippen LogP contribution in [0.5, 0.6) is 11.5 Å². The number of methoxy groups -OCH3 is 2. The Hall–Kier alpha value is -3.07. The molecule has 1 aliphatic carbocycles. The molecule has 0 bridgehead atoms. The highest BCUT2D eigenvalue weighted by molar-refractivity contribution is 7.89. The van der Waals surface area contributed by atoms with Gasteiger partial charge in [-0.15, -0.1) is 0 Å². The lowest BCUT2D eigenvalue weighted by molar-refractivity contribution is 0.0954. The highest BCUT2D eigenvalue weighted by Crippen LogP contribution is 2.32. The molecule has 0 radical (unpaired) electrons. The topological polar surface area (TPSA) is 93.7 Å². The third-order valence-corrected chi connectivity index (χ3v) is 8.25. The molecule has 1 aliphatic rings. The minimum absolute atomic E-state index is 0.0634. The summed E-state index contributed by atoms with van der Waals surface area (Å²) in [4.78, 5) is 12.7. The van der Waals surface area contributed by atoms with Gasteiger partial charge in [-0.2, -0.15) is 0 Å². The van der Waals surface area contributed by atoms with Crippen molar-refractivity contribution in [1.82, 2.24) is 10.0 Å². The summed E-state index contributed by atoms with van der Waals surface area (Å²) in [6.45, 7) is 0.357. The Morgan fingerprint density at radius 3 is 2.58 bits per heavy atom. The molecule has 190 valence electrons. The Morgan fingerprint density at radius 1 is 1.03 bits per heavy atom. The normalized spacial score (nSPS) is 15.1. The molecule has 1 atom stereocenters. The molecular formula is C27H29ClN2O5S. The van der Waals surface area contributed by atoms with Gasteiger partial charge in [0.2, 0.25) is 10.0 Å². The highest BCUT2D eigenvalue weighted by atomic mass is 35.5. The van der Waals surface area contributed by atoms with E-state index in [0.29, 0.717) is 30.9 Å². The number of sulfonamides is 1. The van der Waals surface area contributed by atoms with Gasteiger partial charge < -0.3 is 14.8 Å². The predicted octanol–water partition coefficient (Wildman–Crippen LogP) is 4.69. The number of nitrogens with one attached hydrogen (secondary N) is 2. The van der Waals surface area contributed by atoms with Crippen LogP contribution in [0.2, 0.25) is 5.02 Å². The number of carbonyl (C=O) groups is 1. The number of carbonyl (C=O) groups excluding carboxylic acids is 1. The van der Waals surface area contributed by atoms with Crippen molar-refractivity contribution in [2.75, 3.05) is 20.8 Å². The molecule has 36 heavy (non-hydrogen) atoms. The van der Waals surface area contributed by atoms with Crippen molar-refractivity contribution >= 4 is 27.5 Å². The number of amides is 1. The number of rotatable bonds is 9. The first-order valence-electron chi connectivity index (χ1n) is 11.7. The van der Waals surface area contributed by atoms with E-state index in [4.69, 9.17) is 21.1 Å². The van der Waals surface area contributed by atoms with Gasteiger partial charge in [0.05, 0.1) is 19.2 Å². The van der Waals surface area contributed by atoms with Crippen molar-refractivity contribution in [1.29, 1.82) is 0 Å². The summed E-state index contributed by atoms with van der Waals surface area (Å²) < 4.78 is 39.9. The third kappa shape index (κ3) is 5.83. The smallest absolute Gasteiger partial charge is 0.251 e. The summed E-state index contributed by atoms with van der Waals surface area (Å²) in [6, 6.07) is 17.3. The highest BCUT2D eigenvalue weighted by Gasteiger charge is 2.27. The van der Waals surface area contributed by atoms with Gasteiger partial charge in [0, 0.05) is 18.2 Å². The molecule has 2 N–H and O–H groups in total. The van der Waals surface area contributed by atoms with Crippen LogP contribution in [0.4, 0.5) is 0 Å². The van der Waals surface area contributed by atoms with Crippen LogP contribution in [-0.4, -0.2) is 35.1 Å². The van der Waals surface area contributed by atoms with Gasteiger partial charge in [0.25, 0.3) is 5.91 Å². The summed E-state index contributed by atoms with van der Waals surface area (Å²) in [5.74, 6) is 0.860. The lowest BCUT2D eigenvalue weighted by atomic mass is 9.88. The van der Waals surface area contributed by atoms with E-state index in [-0.39, 0.29) is 27.4 Å². The maximum absolute atomic E-state index is 13.3. The predicted molar refractivity (Wildman–Crippen MR) is 139 cm³/mol. The standard InChI is InChI=1S/C27H29ClN2O5S/c1-34-24-13-10-18(16-25(24)35-2)14-15-29-27(31)20-11-12-22(28)26(17-20)36(32,33)30-23-9-5-7-19-6-3-4-8-21(19)23/h3-4,6,8,10-13,16-17,23,30H,5,7,9,14-15H2,1-2H3,(H,29,31)/t23-/m0/s1. The molecule has 1 amide bonds. The molecule has 3 aromatic rings. The van der Waals surface area contributed by atoms with E-state index in [1.54, 1.807) is 14.2 Å². The van der Waals surface area contributed by atoms with Gasteiger partial charge in [0.1, 0.15) is 4.90 Å². The Morgan fingerprint density at radius 2 is 1.81 bits per heavy atom. The summed E-state index contributed by atoms with van der Waals surface area (Å²) in [6.07, 6.45) is 3.08. The first-order valence-corrected chi connectivity index (χ1v) is 13.6. The average Bonchev–Trinajstić information content (AvgIpc) is 2.88. The second-order valence-corrected chi connectivity index (χ2v) is 10.7. The third-order valence-electron chi connectivity index (χ3n) is 6.30. The van der Waals surface area contributed by atoms with Crippen molar-refractivity contribution in [2.24, 2.45) is 0 Å². The molecule has 0 saturated heterocycles. The fourth-order valence-corrected chi connectivity index (χ4v) is 6.21. The molecular weight excluding hydrogens is 500 g/mol. The van der Waals surface area contributed by atoms with Gasteiger partial charge in [-0.05, 0) is 72.7 Å². The largest absolute Gasteiger partial charge is 0.493 e. The van der Waals surface area contributed by atoms with Crippen LogP contribution in [0.3, 0.4) is 0 Å². The van der Waals surface area contributed by atoms with E-state index in [2.05, 4.69) is 10.0 Å². The minimum atomic E-state index is -3.95. The van der Waals surface area contributed by atoms with Crippen LogP contribution in [0.25, 0.3) is 0 Å². The van der Waals surface area contributed by atoms with Gasteiger partial charge in [-0.25, -0.2) is 13.1 Å². The van der Waals surface area contributed by atoms with E-state index >= 15 is 0 Å². The maximum Gasteiger partial charge on any atom is 0.251 e. The molecule has 9 heteroatoms. The number of benzene rings is 3. The number of hydrogen-bond donors (Lipinski definition) is 2. The molecule has 3 aromatic carbocycles. The van der Waals surface area contributed by atoms with Crippen molar-refractivity contribution in [3.05, 3.63) is 87.9 Å². The van der Waals surface area contributed by atoms with E-state index in [1.807, 2.05) is 42.5 Å². The molecule has 0 aromatic heterocycles. The van der Waals surface area contributed by atoms with Crippen LogP contribution in [0.15, 0.2) is 65.6 Å². The Balaban J connectivity index is 1.45. The van der Waals surface area contributed by atoms with Crippen LogP contribution in [0.1, 0.15) is 45.9 Å². The Kier molecular flexibility index (Phi) is 8.18. The second kappa shape index (κ2) is 11.3. The molecule has 0 fully saturated rings. The lowest BCUT2D eigenvalue weighted by Gasteiger charge is -2.26. The summed E-state index contributed by atoms with van der Waals surface area (Å²) in [7, 11) is -0.817. The summed E-state index contributed by atoms with van der Waals surface area (Å²) >= 11 is 6.27. The number of hydrogen-bond acceptors (Lipinski definition) is 5. The van der Waals surface area contributed by atoms with Crippen LogP contribution >= 0.6 is 11.6 Å². The molecule has 0 unspecified atom stereocenters. The van der Waals surface area contributed by atoms with Crippen molar-refractivity contribution in [3.8, 4) is 11.5 Å². The Bertz CT molecular complexity index is 1360. The fraction of sp³-hybridized carbons (Fsp3) is 0.296. The van der Waals surface area contributed by atoms with Crippen LogP contribution in [-0.2, 0) is 22.9 Å². The van der Waals surface area contributed by atoms with E-state index in [9.17, 15) is 13.2 Å². The first-order chi connectivity index (χ1) is 17.3. The number of fused-ring (bicyclic) bond motifs is 1. The zero-order valence-corrected chi connectivity index (χ0v) is 21.8. The van der Waals surface area contributed by atoms with Gasteiger partial charge >= 0.3 is 0 Å². The van der Waals surface area contributed by atoms with Crippen LogP contribution < -0.4 is 19.5 Å². The van der Waals surface area contributed by atoms with E-state index in [1.165, 1.54) is 18.2 Å². The van der Waals surface area contributed by atoms with Gasteiger partial charge in [0.15, 0.2) is 11.5 Å². The van der Waals surface area contributed by atoms with Crippen molar-refractivity contribution < 1.29 is 22.7 Å². The summed E-state index contributed by atoms with van der Waals surface area (Å²) in [5.41, 5.74) is 3.30. The number of halogens is 1. The molecule has 7 nitrogen and oxygen atoms in total. The maximum atomic E-state index is 13.3. The van der Waals surface area contributed by atoms with Crippen molar-refractivity contribution in [2.45, 2.75) is 36.6 Å². The second-order valence-electron chi connectivity index (χ2n) is 8.61. The quantitative estimate of drug-likeness (QED) is 0.420. The monoisotopic (exact) mass is 528 g/mol. The SMILES string of the molecule is COc1ccc(CCNC(=O)c2ccc(Cl)c(S(=O)(=O)N[C@H]3CCCc4ccccc43)c2)cc1OC. The van der Waals surface area contributed by atoms with E-state index in [0.717, 1.165) is 29.5 Å². The number of ether oxygens (including phenoxy) is 2. The molecule has 0 saturated carbocycles. The average molecular weight is 529 g/mol. The zero-order chi connectivity index (χ0) is 25.7. The summed E-state index contributed by atoms with van der Waals surface area (Å²) in [5, 5.41) is 2.90. The molecule has 0 aliphatic heterocycles. The Labute approximate surface area is 216 Å². The fourth-order valence-electron chi connectivity index (χ4n) is 4.44. The van der Waals surface area contributed by atoms with E-state index < -0.39 is 10.0 Å². The lowest BCUT2D eigenvalue weighted by Crippen LogP contribution is -2.31. The minimum Gasteiger partial charge on any atom is -0.493 e. The molecule has 0 heterocycles. The molecule has 0 spiro atoms. The van der Waals surface area contributed by atoms with Crippen LogP contribution in [0, 0.1) is 0 Å². The van der Waals surface area contributed by atoms with Gasteiger partial charge in [-0.1, -0.05) is 41.9 Å². The number of aryl methyl sites for hydroxylation is 1. The first kappa shape index (κ1) is 26.0. The van der Waals surface area contributed by atoms with Gasteiger partial charge in [-0.3, -0.25) is 4.79 Å². The van der Waals surface area contributed by atoms with Crippen molar-refractivity contribution in [3.63, 3.8) is 0 Å².